The van der Waals surface area contributed by atoms with Gasteiger partial charge in [0.2, 0.25) is 5.91 Å². The van der Waals surface area contributed by atoms with Crippen molar-refractivity contribution in [3.63, 3.8) is 0 Å². The normalized spacial score (nSPS) is 12.8. The molecule has 1 amide bonds. The molecule has 3 rings (SSSR count). The summed E-state index contributed by atoms with van der Waals surface area (Å²) >= 11 is 3.11. The molecule has 2 aromatic carbocycles. The van der Waals surface area contributed by atoms with Gasteiger partial charge in [0.15, 0.2) is 11.5 Å². The Morgan fingerprint density at radius 3 is 2.77 bits per heavy atom. The Balaban J connectivity index is 1.70. The zero-order valence-corrected chi connectivity index (χ0v) is 13.2. The largest absolute Gasteiger partial charge is 0.486 e. The van der Waals surface area contributed by atoms with Gasteiger partial charge in [-0.3, -0.25) is 4.79 Å². The zero-order chi connectivity index (χ0) is 15.5. The highest BCUT2D eigenvalue weighted by Crippen LogP contribution is 2.32. The number of rotatable bonds is 3. The molecule has 0 fully saturated rings. The van der Waals surface area contributed by atoms with Crippen LogP contribution in [0.2, 0.25) is 0 Å². The lowest BCUT2D eigenvalue weighted by Crippen LogP contribution is -2.17. The van der Waals surface area contributed by atoms with Gasteiger partial charge in [0, 0.05) is 11.8 Å². The fourth-order valence-electron chi connectivity index (χ4n) is 2.18. The van der Waals surface area contributed by atoms with E-state index in [1.54, 1.807) is 36.4 Å². The van der Waals surface area contributed by atoms with Gasteiger partial charge >= 0.3 is 0 Å². The molecule has 0 saturated carbocycles. The average Bonchev–Trinajstić information content (AvgIpc) is 2.52. The van der Waals surface area contributed by atoms with Crippen molar-refractivity contribution in [3.8, 4) is 11.5 Å². The van der Waals surface area contributed by atoms with Gasteiger partial charge in [-0.05, 0) is 39.7 Å². The van der Waals surface area contributed by atoms with E-state index in [4.69, 9.17) is 9.47 Å². The van der Waals surface area contributed by atoms with E-state index in [9.17, 15) is 9.18 Å². The van der Waals surface area contributed by atoms with Crippen LogP contribution in [-0.2, 0) is 11.2 Å². The molecule has 1 heterocycles. The molecule has 4 nitrogen and oxygen atoms in total. The number of amides is 1. The number of benzene rings is 2. The lowest BCUT2D eigenvalue weighted by Gasteiger charge is -2.19. The van der Waals surface area contributed by atoms with Crippen molar-refractivity contribution in [2.45, 2.75) is 6.42 Å². The fourth-order valence-corrected chi connectivity index (χ4v) is 2.59. The molecule has 0 radical (unpaired) electrons. The van der Waals surface area contributed by atoms with E-state index in [1.807, 2.05) is 0 Å². The second kappa shape index (κ2) is 6.36. The lowest BCUT2D eigenvalue weighted by atomic mass is 10.1. The van der Waals surface area contributed by atoms with Crippen LogP contribution in [0.15, 0.2) is 40.9 Å². The minimum absolute atomic E-state index is 0.0419. The summed E-state index contributed by atoms with van der Waals surface area (Å²) in [4.78, 5) is 12.0. The van der Waals surface area contributed by atoms with Crippen molar-refractivity contribution < 1.29 is 18.7 Å². The van der Waals surface area contributed by atoms with Gasteiger partial charge in [0.05, 0.1) is 10.9 Å². The van der Waals surface area contributed by atoms with Crippen LogP contribution < -0.4 is 14.8 Å². The van der Waals surface area contributed by atoms with Crippen LogP contribution in [0.4, 0.5) is 10.1 Å². The van der Waals surface area contributed by atoms with Crippen LogP contribution in [0.1, 0.15) is 5.56 Å². The van der Waals surface area contributed by atoms with Gasteiger partial charge in [-0.25, -0.2) is 4.39 Å². The molecule has 0 aromatic heterocycles. The molecule has 1 aliphatic heterocycles. The fraction of sp³-hybridized carbons (Fsp3) is 0.188. The van der Waals surface area contributed by atoms with Crippen molar-refractivity contribution >= 4 is 27.5 Å². The number of carbonyl (C=O) groups is 1. The Kier molecular flexibility index (Phi) is 4.29. The summed E-state index contributed by atoms with van der Waals surface area (Å²) in [6.45, 7) is 0.995. The second-order valence-corrected chi connectivity index (χ2v) is 5.65. The van der Waals surface area contributed by atoms with E-state index in [0.29, 0.717) is 40.4 Å². The summed E-state index contributed by atoms with van der Waals surface area (Å²) in [5, 5.41) is 2.73. The standard InChI is InChI=1S/C16H13BrFNO3/c17-12-3-1-2-10(16(12)18)8-15(20)19-11-4-5-13-14(9-11)22-7-6-21-13/h1-5,9H,6-8H2,(H,19,20). The van der Waals surface area contributed by atoms with Gasteiger partial charge in [-0.1, -0.05) is 12.1 Å². The number of anilines is 1. The first-order chi connectivity index (χ1) is 10.6. The van der Waals surface area contributed by atoms with Crippen molar-refractivity contribution in [1.82, 2.24) is 0 Å². The van der Waals surface area contributed by atoms with E-state index in [-0.39, 0.29) is 12.3 Å². The second-order valence-electron chi connectivity index (χ2n) is 4.80. The molecular weight excluding hydrogens is 353 g/mol. The number of halogens is 2. The maximum absolute atomic E-state index is 13.9. The number of hydrogen-bond acceptors (Lipinski definition) is 3. The average molecular weight is 366 g/mol. The molecule has 1 aliphatic rings. The predicted molar refractivity (Wildman–Crippen MR) is 83.9 cm³/mol. The van der Waals surface area contributed by atoms with Crippen LogP contribution in [0, 0.1) is 5.82 Å². The highest BCUT2D eigenvalue weighted by Gasteiger charge is 2.14. The van der Waals surface area contributed by atoms with E-state index in [0.717, 1.165) is 0 Å². The first-order valence-corrected chi connectivity index (χ1v) is 7.55. The Morgan fingerprint density at radius 1 is 1.18 bits per heavy atom. The summed E-state index contributed by atoms with van der Waals surface area (Å²) in [7, 11) is 0. The molecule has 6 heteroatoms. The number of ether oxygens (including phenoxy) is 2. The molecule has 22 heavy (non-hydrogen) atoms. The maximum Gasteiger partial charge on any atom is 0.228 e. The van der Waals surface area contributed by atoms with E-state index >= 15 is 0 Å². The molecule has 0 atom stereocenters. The van der Waals surface area contributed by atoms with Crippen molar-refractivity contribution in [2.24, 2.45) is 0 Å². The minimum atomic E-state index is -0.417. The van der Waals surface area contributed by atoms with Crippen molar-refractivity contribution in [3.05, 3.63) is 52.3 Å². The Hall–Kier alpha value is -2.08. The quantitative estimate of drug-likeness (QED) is 0.904. The number of hydrogen-bond donors (Lipinski definition) is 1. The van der Waals surface area contributed by atoms with Crippen LogP contribution >= 0.6 is 15.9 Å². The summed E-state index contributed by atoms with van der Waals surface area (Å²) < 4.78 is 25.1. The van der Waals surface area contributed by atoms with Gasteiger partial charge in [0.25, 0.3) is 0 Å². The molecule has 0 spiro atoms. The summed E-state index contributed by atoms with van der Waals surface area (Å²) in [5.41, 5.74) is 0.925. The summed E-state index contributed by atoms with van der Waals surface area (Å²) in [6, 6.07) is 10.0. The molecule has 0 bridgehead atoms. The van der Waals surface area contributed by atoms with Gasteiger partial charge in [-0.2, -0.15) is 0 Å². The van der Waals surface area contributed by atoms with E-state index in [1.165, 1.54) is 0 Å². The SMILES string of the molecule is O=C(Cc1cccc(Br)c1F)Nc1ccc2c(c1)OCCO2. The first-order valence-electron chi connectivity index (χ1n) is 6.76. The van der Waals surface area contributed by atoms with Crippen LogP contribution in [0.5, 0.6) is 11.5 Å². The molecule has 0 saturated heterocycles. The predicted octanol–water partition coefficient (Wildman–Crippen LogP) is 3.54. The number of carbonyl (C=O) groups excluding carboxylic acids is 1. The number of fused-ring (bicyclic) bond motifs is 1. The summed E-state index contributed by atoms with van der Waals surface area (Å²) in [5.74, 6) is 0.536. The Bertz CT molecular complexity index is 721. The highest BCUT2D eigenvalue weighted by molar-refractivity contribution is 9.10. The topological polar surface area (TPSA) is 47.6 Å². The van der Waals surface area contributed by atoms with E-state index < -0.39 is 5.82 Å². The highest BCUT2D eigenvalue weighted by atomic mass is 79.9. The van der Waals surface area contributed by atoms with E-state index in [2.05, 4.69) is 21.2 Å². The third kappa shape index (κ3) is 3.22. The smallest absolute Gasteiger partial charge is 0.228 e. The minimum Gasteiger partial charge on any atom is -0.486 e. The van der Waals surface area contributed by atoms with Crippen molar-refractivity contribution in [2.75, 3.05) is 18.5 Å². The van der Waals surface area contributed by atoms with Crippen LogP contribution in [-0.4, -0.2) is 19.1 Å². The van der Waals surface area contributed by atoms with Gasteiger partial charge in [0.1, 0.15) is 19.0 Å². The third-order valence-corrected chi connectivity index (χ3v) is 3.82. The zero-order valence-electron chi connectivity index (χ0n) is 11.6. The van der Waals surface area contributed by atoms with Gasteiger partial charge in [-0.15, -0.1) is 0 Å². The lowest BCUT2D eigenvalue weighted by molar-refractivity contribution is -0.115. The maximum atomic E-state index is 13.9. The summed E-state index contributed by atoms with van der Waals surface area (Å²) in [6.07, 6.45) is -0.0419. The Morgan fingerprint density at radius 2 is 1.95 bits per heavy atom. The monoisotopic (exact) mass is 365 g/mol. The van der Waals surface area contributed by atoms with Crippen molar-refractivity contribution in [1.29, 1.82) is 0 Å². The molecular formula is C16H13BrFNO3. The molecule has 0 unspecified atom stereocenters. The van der Waals surface area contributed by atoms with Crippen LogP contribution in [0.3, 0.4) is 0 Å². The third-order valence-electron chi connectivity index (χ3n) is 3.21. The Labute approximate surface area is 135 Å². The molecule has 1 N–H and O–H groups in total. The molecule has 2 aromatic rings. The first kappa shape index (κ1) is 14.8. The van der Waals surface area contributed by atoms with Gasteiger partial charge < -0.3 is 14.8 Å². The molecule has 114 valence electrons. The molecule has 0 aliphatic carbocycles. The van der Waals surface area contributed by atoms with Crippen LogP contribution in [0.25, 0.3) is 0 Å². The number of nitrogens with one attached hydrogen (secondary N) is 1.